The van der Waals surface area contributed by atoms with Crippen LogP contribution in [0.25, 0.3) is 11.3 Å². The average molecular weight is 420 g/mol. The quantitative estimate of drug-likeness (QED) is 0.659. The van der Waals surface area contributed by atoms with Crippen LogP contribution in [0.4, 0.5) is 0 Å². The number of aromatic nitrogens is 2. The van der Waals surface area contributed by atoms with Gasteiger partial charge < -0.3 is 19.5 Å². The molecule has 2 amide bonds. The van der Waals surface area contributed by atoms with E-state index in [1.165, 1.54) is 0 Å². The number of nitrogens with zero attached hydrogens (tertiary/aromatic N) is 3. The summed E-state index contributed by atoms with van der Waals surface area (Å²) in [6.45, 7) is 1.37. The minimum Gasteiger partial charge on any atom is -0.497 e. The number of rotatable bonds is 6. The highest BCUT2D eigenvalue weighted by atomic mass is 16.5. The molecule has 1 aromatic carbocycles. The molecule has 0 aliphatic carbocycles. The molecule has 8 heteroatoms. The molecule has 1 N–H and O–H groups in total. The Morgan fingerprint density at radius 1 is 1.26 bits per heavy atom. The molecule has 0 bridgehead atoms. The third-order valence-electron chi connectivity index (χ3n) is 5.35. The smallest absolute Gasteiger partial charge is 0.276 e. The lowest BCUT2D eigenvalue weighted by atomic mass is 9.96. The lowest BCUT2D eigenvalue weighted by Crippen LogP contribution is -2.45. The fourth-order valence-electron chi connectivity index (χ4n) is 3.66. The van der Waals surface area contributed by atoms with Crippen molar-refractivity contribution in [3.63, 3.8) is 0 Å². The number of nitrogens with one attached hydrogen (secondary N) is 1. The number of hydrogen-bond acceptors (Lipinski definition) is 6. The van der Waals surface area contributed by atoms with E-state index in [1.807, 2.05) is 36.4 Å². The molecule has 2 aromatic heterocycles. The van der Waals surface area contributed by atoms with Crippen LogP contribution in [-0.4, -0.2) is 47.1 Å². The van der Waals surface area contributed by atoms with Gasteiger partial charge in [0.05, 0.1) is 13.0 Å². The number of piperidine rings is 1. The molecule has 1 unspecified atom stereocenters. The number of likely N-dealkylation sites (tertiary alicyclic amines) is 1. The summed E-state index contributed by atoms with van der Waals surface area (Å²) < 4.78 is 10.6. The third kappa shape index (κ3) is 4.91. The van der Waals surface area contributed by atoms with Gasteiger partial charge in [-0.05, 0) is 36.6 Å². The molecule has 1 aliphatic rings. The maximum absolute atomic E-state index is 13.0. The van der Waals surface area contributed by atoms with Crippen molar-refractivity contribution >= 4 is 11.8 Å². The van der Waals surface area contributed by atoms with E-state index >= 15 is 0 Å². The first kappa shape index (κ1) is 20.6. The van der Waals surface area contributed by atoms with E-state index in [0.29, 0.717) is 31.1 Å². The lowest BCUT2D eigenvalue weighted by Gasteiger charge is -2.31. The number of benzene rings is 1. The Balaban J connectivity index is 1.38. The Morgan fingerprint density at radius 3 is 2.97 bits per heavy atom. The topological polar surface area (TPSA) is 97.6 Å². The van der Waals surface area contributed by atoms with Crippen molar-refractivity contribution < 1.29 is 18.8 Å². The molecule has 1 fully saturated rings. The first-order valence-electron chi connectivity index (χ1n) is 10.2. The molecular formula is C23H24N4O4. The van der Waals surface area contributed by atoms with Crippen molar-refractivity contribution in [1.29, 1.82) is 0 Å². The summed E-state index contributed by atoms with van der Waals surface area (Å²) in [4.78, 5) is 31.3. The number of hydrogen-bond donors (Lipinski definition) is 1. The maximum Gasteiger partial charge on any atom is 0.276 e. The molecule has 1 aliphatic heterocycles. The molecule has 0 radical (unpaired) electrons. The van der Waals surface area contributed by atoms with Crippen molar-refractivity contribution in [3.05, 3.63) is 66.1 Å². The van der Waals surface area contributed by atoms with E-state index in [4.69, 9.17) is 9.26 Å². The first-order chi connectivity index (χ1) is 15.1. The molecule has 1 atom stereocenters. The van der Waals surface area contributed by atoms with Crippen LogP contribution in [-0.2, 0) is 11.3 Å². The van der Waals surface area contributed by atoms with Crippen LogP contribution in [0.5, 0.6) is 5.75 Å². The predicted molar refractivity (Wildman–Crippen MR) is 113 cm³/mol. The van der Waals surface area contributed by atoms with E-state index in [1.54, 1.807) is 30.5 Å². The van der Waals surface area contributed by atoms with Gasteiger partial charge in [0.1, 0.15) is 5.75 Å². The number of amides is 2. The highest BCUT2D eigenvalue weighted by Gasteiger charge is 2.30. The first-order valence-corrected chi connectivity index (χ1v) is 10.2. The molecule has 1 saturated heterocycles. The summed E-state index contributed by atoms with van der Waals surface area (Å²) >= 11 is 0. The van der Waals surface area contributed by atoms with E-state index in [9.17, 15) is 9.59 Å². The zero-order valence-electron chi connectivity index (χ0n) is 17.3. The van der Waals surface area contributed by atoms with E-state index in [-0.39, 0.29) is 23.4 Å². The van der Waals surface area contributed by atoms with Gasteiger partial charge in [-0.3, -0.25) is 14.6 Å². The summed E-state index contributed by atoms with van der Waals surface area (Å²) in [6, 6.07) is 12.7. The summed E-state index contributed by atoms with van der Waals surface area (Å²) in [6.07, 6.45) is 4.93. The minimum absolute atomic E-state index is 0.0569. The largest absolute Gasteiger partial charge is 0.497 e. The van der Waals surface area contributed by atoms with E-state index in [0.717, 1.165) is 24.0 Å². The van der Waals surface area contributed by atoms with Gasteiger partial charge in [0.15, 0.2) is 11.5 Å². The van der Waals surface area contributed by atoms with Gasteiger partial charge >= 0.3 is 0 Å². The fourth-order valence-corrected chi connectivity index (χ4v) is 3.66. The molecule has 31 heavy (non-hydrogen) atoms. The molecule has 8 nitrogen and oxygen atoms in total. The van der Waals surface area contributed by atoms with Crippen molar-refractivity contribution in [2.45, 2.75) is 19.4 Å². The van der Waals surface area contributed by atoms with Crippen molar-refractivity contribution in [1.82, 2.24) is 20.4 Å². The molecular weight excluding hydrogens is 396 g/mol. The Kier molecular flexibility index (Phi) is 6.26. The van der Waals surface area contributed by atoms with Crippen LogP contribution < -0.4 is 10.1 Å². The van der Waals surface area contributed by atoms with Crippen molar-refractivity contribution in [3.8, 4) is 17.1 Å². The van der Waals surface area contributed by atoms with Gasteiger partial charge in [0.25, 0.3) is 5.91 Å². The van der Waals surface area contributed by atoms with Gasteiger partial charge in [0, 0.05) is 43.7 Å². The van der Waals surface area contributed by atoms with Crippen LogP contribution in [0, 0.1) is 5.92 Å². The predicted octanol–water partition coefficient (Wildman–Crippen LogP) is 2.91. The molecule has 160 valence electrons. The van der Waals surface area contributed by atoms with Gasteiger partial charge in [-0.25, -0.2) is 0 Å². The van der Waals surface area contributed by atoms with Crippen LogP contribution in [0.2, 0.25) is 0 Å². The summed E-state index contributed by atoms with van der Waals surface area (Å²) in [7, 11) is 1.59. The fraction of sp³-hybridized carbons (Fsp3) is 0.304. The monoisotopic (exact) mass is 420 g/mol. The van der Waals surface area contributed by atoms with Crippen LogP contribution in [0.1, 0.15) is 28.9 Å². The Bertz CT molecular complexity index is 1050. The van der Waals surface area contributed by atoms with Crippen molar-refractivity contribution in [2.24, 2.45) is 5.92 Å². The van der Waals surface area contributed by atoms with Gasteiger partial charge in [-0.15, -0.1) is 0 Å². The van der Waals surface area contributed by atoms with Gasteiger partial charge in [-0.2, -0.15) is 0 Å². The standard InChI is InChI=1S/C23H24N4O4/c1-30-19-8-2-6-17(11-19)21-12-20(26-31-21)23(29)27-10-4-7-18(15-27)22(28)25-14-16-5-3-9-24-13-16/h2-3,5-6,8-9,11-13,18H,4,7,10,14-15H2,1H3,(H,25,28). The number of pyridine rings is 1. The summed E-state index contributed by atoms with van der Waals surface area (Å²) in [5.41, 5.74) is 1.94. The van der Waals surface area contributed by atoms with Crippen LogP contribution >= 0.6 is 0 Å². The molecule has 0 saturated carbocycles. The second-order valence-corrected chi connectivity index (χ2v) is 7.48. The van der Waals surface area contributed by atoms with Gasteiger partial charge in [-0.1, -0.05) is 23.4 Å². The number of carbonyl (C=O) groups excluding carboxylic acids is 2. The summed E-state index contributed by atoms with van der Waals surface area (Å²) in [5.74, 6) is 0.642. The zero-order valence-corrected chi connectivity index (χ0v) is 17.3. The van der Waals surface area contributed by atoms with Crippen LogP contribution in [0.3, 0.4) is 0 Å². The number of methoxy groups -OCH3 is 1. The molecule has 4 rings (SSSR count). The molecule has 3 aromatic rings. The Morgan fingerprint density at radius 2 is 2.16 bits per heavy atom. The lowest BCUT2D eigenvalue weighted by molar-refractivity contribution is -0.126. The minimum atomic E-state index is -0.251. The second-order valence-electron chi connectivity index (χ2n) is 7.48. The number of carbonyl (C=O) groups is 2. The van der Waals surface area contributed by atoms with Gasteiger partial charge in [0.2, 0.25) is 5.91 Å². The SMILES string of the molecule is COc1cccc(-c2cc(C(=O)N3CCCC(C(=O)NCc4cccnc4)C3)no2)c1. The van der Waals surface area contributed by atoms with Crippen LogP contribution in [0.15, 0.2) is 59.4 Å². The maximum atomic E-state index is 13.0. The number of ether oxygens (including phenoxy) is 1. The summed E-state index contributed by atoms with van der Waals surface area (Å²) in [5, 5.41) is 6.90. The van der Waals surface area contributed by atoms with Crippen molar-refractivity contribution in [2.75, 3.05) is 20.2 Å². The highest BCUT2D eigenvalue weighted by Crippen LogP contribution is 2.26. The van der Waals surface area contributed by atoms with E-state index < -0.39 is 0 Å². The zero-order chi connectivity index (χ0) is 21.6. The normalized spacial score (nSPS) is 16.0. The van der Waals surface area contributed by atoms with E-state index in [2.05, 4.69) is 15.5 Å². The third-order valence-corrected chi connectivity index (χ3v) is 5.35. The second kappa shape index (κ2) is 9.42. The Hall–Kier alpha value is -3.68. The average Bonchev–Trinajstić information content (AvgIpc) is 3.33. The highest BCUT2D eigenvalue weighted by molar-refractivity contribution is 5.93. The molecule has 0 spiro atoms. The molecule has 3 heterocycles. The Labute approximate surface area is 180 Å².